The topological polar surface area (TPSA) is 107 Å². The number of halogens is 1. The first-order valence-electron chi connectivity index (χ1n) is 8.38. The molecule has 0 unspecified atom stereocenters. The highest BCUT2D eigenvalue weighted by Gasteiger charge is 2.36. The van der Waals surface area contributed by atoms with Crippen molar-refractivity contribution < 1.29 is 22.7 Å². The molecule has 1 aliphatic rings. The largest absolute Gasteiger partial charge is 0.452 e. The summed E-state index contributed by atoms with van der Waals surface area (Å²) < 4.78 is 28.6. The lowest BCUT2D eigenvalue weighted by Gasteiger charge is -2.33. The second-order valence-electron chi connectivity index (χ2n) is 6.42. The van der Waals surface area contributed by atoms with Crippen molar-refractivity contribution in [3.05, 3.63) is 28.8 Å². The molecule has 1 amide bonds. The van der Waals surface area contributed by atoms with Crippen molar-refractivity contribution in [3.8, 4) is 0 Å². The number of carbonyl (C=O) groups excluding carboxylic acids is 2. The van der Waals surface area contributed by atoms with E-state index in [1.807, 2.05) is 13.8 Å². The maximum Gasteiger partial charge on any atom is 0.340 e. The molecule has 2 N–H and O–H groups in total. The van der Waals surface area contributed by atoms with E-state index in [0.717, 1.165) is 0 Å². The minimum Gasteiger partial charge on any atom is -0.452 e. The Kier molecular flexibility index (Phi) is 6.52. The molecule has 0 spiro atoms. The molecule has 1 fully saturated rings. The second kappa shape index (κ2) is 8.26. The van der Waals surface area contributed by atoms with Gasteiger partial charge >= 0.3 is 5.97 Å². The lowest BCUT2D eigenvalue weighted by molar-refractivity contribution is -0.138. The van der Waals surface area contributed by atoms with E-state index in [-0.39, 0.29) is 34.8 Å². The van der Waals surface area contributed by atoms with Gasteiger partial charge in [-0.25, -0.2) is 13.2 Å². The molecule has 0 aromatic heterocycles. The molecule has 1 saturated heterocycles. The minimum absolute atomic E-state index is 0.0544. The van der Waals surface area contributed by atoms with Crippen molar-refractivity contribution >= 4 is 39.0 Å². The number of rotatable bonds is 6. The number of ether oxygens (including phenoxy) is 1. The normalized spacial score (nSPS) is 19.7. The van der Waals surface area contributed by atoms with E-state index in [4.69, 9.17) is 22.1 Å². The fourth-order valence-electron chi connectivity index (χ4n) is 3.00. The number of amides is 1. The van der Waals surface area contributed by atoms with Crippen LogP contribution in [0, 0.1) is 0 Å². The number of hydrogen-bond acceptors (Lipinski definition) is 6. The van der Waals surface area contributed by atoms with Gasteiger partial charge in [-0.2, -0.15) is 0 Å². The van der Waals surface area contributed by atoms with Crippen LogP contribution < -0.4 is 5.73 Å². The fourth-order valence-corrected chi connectivity index (χ4v) is 4.89. The Hall–Kier alpha value is -1.80. The highest BCUT2D eigenvalue weighted by Crippen LogP contribution is 2.22. The number of nitrogens with zero attached hydrogens (tertiary/aromatic N) is 1. The van der Waals surface area contributed by atoms with Gasteiger partial charge in [-0.15, -0.1) is 0 Å². The lowest BCUT2D eigenvalue weighted by Crippen LogP contribution is -2.48. The molecule has 0 aliphatic carbocycles. The van der Waals surface area contributed by atoms with E-state index in [2.05, 4.69) is 0 Å². The van der Waals surface area contributed by atoms with Crippen LogP contribution in [0.5, 0.6) is 0 Å². The van der Waals surface area contributed by atoms with E-state index in [9.17, 15) is 18.0 Å². The maximum atomic E-state index is 12.6. The van der Waals surface area contributed by atoms with Gasteiger partial charge in [0.15, 0.2) is 16.4 Å². The summed E-state index contributed by atoms with van der Waals surface area (Å²) in [7, 11) is -3.13. The van der Waals surface area contributed by atoms with Gasteiger partial charge in [0.05, 0.1) is 17.1 Å². The Morgan fingerprint density at radius 2 is 2.12 bits per heavy atom. The molecule has 144 valence electrons. The Balaban J connectivity index is 2.06. The minimum atomic E-state index is -3.13. The Morgan fingerprint density at radius 1 is 1.42 bits per heavy atom. The van der Waals surface area contributed by atoms with Gasteiger partial charge in [0.2, 0.25) is 0 Å². The Bertz CT molecular complexity index is 796. The highest BCUT2D eigenvalue weighted by molar-refractivity contribution is 7.91. The first-order valence-corrected chi connectivity index (χ1v) is 10.6. The van der Waals surface area contributed by atoms with Crippen molar-refractivity contribution in [3.63, 3.8) is 0 Å². The van der Waals surface area contributed by atoms with Gasteiger partial charge in [-0.1, -0.05) is 18.5 Å². The molecule has 0 bridgehead atoms. The molecule has 2 rings (SSSR count). The molecular formula is C17H23ClN2O5S. The monoisotopic (exact) mass is 402 g/mol. The molecule has 1 aromatic rings. The number of sulfone groups is 1. The quantitative estimate of drug-likeness (QED) is 0.575. The van der Waals surface area contributed by atoms with Crippen molar-refractivity contribution in [2.24, 2.45) is 0 Å². The van der Waals surface area contributed by atoms with E-state index in [1.165, 1.54) is 23.1 Å². The summed E-state index contributed by atoms with van der Waals surface area (Å²) in [6.07, 6.45) is 1.07. The van der Waals surface area contributed by atoms with E-state index >= 15 is 0 Å². The summed E-state index contributed by atoms with van der Waals surface area (Å²) in [4.78, 5) is 26.3. The van der Waals surface area contributed by atoms with Crippen LogP contribution in [0.25, 0.3) is 0 Å². The number of hydrogen-bond donors (Lipinski definition) is 1. The average molecular weight is 403 g/mol. The predicted molar refractivity (Wildman–Crippen MR) is 99.8 cm³/mol. The predicted octanol–water partition coefficient (Wildman–Crippen LogP) is 1.89. The van der Waals surface area contributed by atoms with Crippen LogP contribution in [-0.4, -0.2) is 55.4 Å². The van der Waals surface area contributed by atoms with Gasteiger partial charge in [0.1, 0.15) is 0 Å². The summed E-state index contributed by atoms with van der Waals surface area (Å²) in [6.45, 7) is 3.29. The summed E-state index contributed by atoms with van der Waals surface area (Å²) in [5.41, 5.74) is 6.03. The van der Waals surface area contributed by atoms with Crippen LogP contribution >= 0.6 is 11.6 Å². The molecule has 7 nitrogen and oxygen atoms in total. The number of esters is 1. The van der Waals surface area contributed by atoms with Gasteiger partial charge in [0.25, 0.3) is 5.91 Å². The molecule has 26 heavy (non-hydrogen) atoms. The molecule has 1 heterocycles. The molecule has 0 radical (unpaired) electrons. The first-order chi connectivity index (χ1) is 12.1. The standard InChI is InChI=1S/C17H23ClN2O5S/c1-3-11(2)20(13-6-7-26(23,24)10-13)16(21)9-25-17(22)14-5-4-12(18)8-15(14)19/h4-5,8,11,13H,3,6-7,9-10,19H2,1-2H3/t11-,13-/m1/s1. The van der Waals surface area contributed by atoms with E-state index in [1.54, 1.807) is 0 Å². The van der Waals surface area contributed by atoms with Crippen LogP contribution in [0.3, 0.4) is 0 Å². The number of benzene rings is 1. The lowest BCUT2D eigenvalue weighted by atomic mass is 10.1. The molecular weight excluding hydrogens is 380 g/mol. The van der Waals surface area contributed by atoms with E-state index in [0.29, 0.717) is 17.9 Å². The van der Waals surface area contributed by atoms with Crippen LogP contribution in [-0.2, 0) is 19.4 Å². The zero-order valence-electron chi connectivity index (χ0n) is 14.8. The average Bonchev–Trinajstić information content (AvgIpc) is 2.92. The molecule has 0 saturated carbocycles. The van der Waals surface area contributed by atoms with Crippen molar-refractivity contribution in [1.82, 2.24) is 4.90 Å². The number of anilines is 1. The van der Waals surface area contributed by atoms with Crippen LogP contribution in [0.1, 0.15) is 37.0 Å². The third-order valence-electron chi connectivity index (χ3n) is 4.52. The van der Waals surface area contributed by atoms with Crippen molar-refractivity contribution in [2.75, 3.05) is 23.8 Å². The zero-order valence-corrected chi connectivity index (χ0v) is 16.3. The second-order valence-corrected chi connectivity index (χ2v) is 9.09. The maximum absolute atomic E-state index is 12.6. The first kappa shape index (κ1) is 20.5. The van der Waals surface area contributed by atoms with Gasteiger partial charge in [-0.05, 0) is 38.0 Å². The van der Waals surface area contributed by atoms with Crippen LogP contribution in [0.15, 0.2) is 18.2 Å². The van der Waals surface area contributed by atoms with Gasteiger partial charge < -0.3 is 15.4 Å². The number of carbonyl (C=O) groups is 2. The number of nitrogen functional groups attached to an aromatic ring is 1. The van der Waals surface area contributed by atoms with Crippen LogP contribution in [0.4, 0.5) is 5.69 Å². The molecule has 9 heteroatoms. The summed E-state index contributed by atoms with van der Waals surface area (Å²) in [5, 5.41) is 0.389. The summed E-state index contributed by atoms with van der Waals surface area (Å²) in [5.74, 6) is -1.13. The summed E-state index contributed by atoms with van der Waals surface area (Å²) in [6, 6.07) is 3.82. The Labute approximate surface area is 158 Å². The molecule has 2 atom stereocenters. The van der Waals surface area contributed by atoms with Crippen molar-refractivity contribution in [1.29, 1.82) is 0 Å². The fraction of sp³-hybridized carbons (Fsp3) is 0.529. The zero-order chi connectivity index (χ0) is 19.5. The van der Waals surface area contributed by atoms with Crippen LogP contribution in [0.2, 0.25) is 5.02 Å². The number of nitrogens with two attached hydrogens (primary N) is 1. The third-order valence-corrected chi connectivity index (χ3v) is 6.50. The van der Waals surface area contributed by atoms with Gasteiger partial charge in [0, 0.05) is 22.8 Å². The SMILES string of the molecule is CC[C@@H](C)N(C(=O)COC(=O)c1ccc(Cl)cc1N)[C@@H]1CCS(=O)(=O)C1. The Morgan fingerprint density at radius 3 is 2.65 bits per heavy atom. The smallest absolute Gasteiger partial charge is 0.340 e. The molecule has 1 aromatic carbocycles. The van der Waals surface area contributed by atoms with Gasteiger partial charge in [-0.3, -0.25) is 4.79 Å². The molecule has 1 aliphatic heterocycles. The van der Waals surface area contributed by atoms with E-state index < -0.39 is 28.3 Å². The highest BCUT2D eigenvalue weighted by atomic mass is 35.5. The summed E-state index contributed by atoms with van der Waals surface area (Å²) >= 11 is 5.80. The van der Waals surface area contributed by atoms with Crippen molar-refractivity contribution in [2.45, 2.75) is 38.8 Å². The third kappa shape index (κ3) is 4.88.